The zero-order chi connectivity index (χ0) is 16.0. The molecule has 21 heavy (non-hydrogen) atoms. The Hall–Kier alpha value is -2.09. The number of hydrogen-bond donors (Lipinski definition) is 1. The molecule has 2 amide bonds. The second-order valence-electron chi connectivity index (χ2n) is 3.87. The number of benzene rings is 1. The molecule has 0 aromatic heterocycles. The van der Waals surface area contributed by atoms with Gasteiger partial charge in [-0.2, -0.15) is 0 Å². The number of methoxy groups -OCH3 is 2. The van der Waals surface area contributed by atoms with Crippen LogP contribution in [0.5, 0.6) is 5.75 Å². The van der Waals surface area contributed by atoms with Crippen LogP contribution in [0.4, 0.5) is 4.79 Å². The van der Waals surface area contributed by atoms with Crippen molar-refractivity contribution in [1.82, 2.24) is 5.32 Å². The monoisotopic (exact) mass is 359 g/mol. The average Bonchev–Trinajstić information content (AvgIpc) is 2.47. The first kappa shape index (κ1) is 17.0. The molecule has 1 N–H and O–H groups in total. The minimum absolute atomic E-state index is 0.201. The lowest BCUT2D eigenvalue weighted by Crippen LogP contribution is -2.39. The summed E-state index contributed by atoms with van der Waals surface area (Å²) in [5.74, 6) is -1.04. The van der Waals surface area contributed by atoms with Gasteiger partial charge in [0.05, 0.1) is 19.8 Å². The number of imide groups is 1. The second-order valence-corrected chi connectivity index (χ2v) is 4.73. The van der Waals surface area contributed by atoms with Crippen molar-refractivity contribution in [1.29, 1.82) is 0 Å². The van der Waals surface area contributed by atoms with E-state index in [1.165, 1.54) is 20.1 Å². The van der Waals surface area contributed by atoms with E-state index in [2.05, 4.69) is 20.7 Å². The summed E-state index contributed by atoms with van der Waals surface area (Å²) in [6, 6.07) is 4.75. The topological polar surface area (TPSA) is 90.9 Å². The van der Waals surface area contributed by atoms with Gasteiger partial charge in [0.1, 0.15) is 5.75 Å². The predicted octanol–water partition coefficient (Wildman–Crippen LogP) is 1.89. The molecule has 0 saturated heterocycles. The molecule has 0 spiro atoms. The fourth-order valence-corrected chi connectivity index (χ4v) is 1.73. The zero-order valence-corrected chi connectivity index (χ0v) is 13.2. The first-order valence-electron chi connectivity index (χ1n) is 5.82. The number of carbonyl (C=O) groups excluding carboxylic acids is 3. The van der Waals surface area contributed by atoms with Crippen LogP contribution in [0.3, 0.4) is 0 Å². The van der Waals surface area contributed by atoms with Gasteiger partial charge in [0.15, 0.2) is 6.10 Å². The Morgan fingerprint density at radius 2 is 1.90 bits per heavy atom. The molecule has 0 aliphatic carbocycles. The third kappa shape index (κ3) is 4.75. The van der Waals surface area contributed by atoms with Gasteiger partial charge in [-0.3, -0.25) is 10.1 Å². The lowest BCUT2D eigenvalue weighted by Gasteiger charge is -2.13. The van der Waals surface area contributed by atoms with Gasteiger partial charge < -0.3 is 14.2 Å². The van der Waals surface area contributed by atoms with Crippen molar-refractivity contribution in [3.8, 4) is 5.75 Å². The van der Waals surface area contributed by atoms with E-state index in [4.69, 9.17) is 9.47 Å². The van der Waals surface area contributed by atoms with Crippen LogP contribution in [0.1, 0.15) is 17.3 Å². The summed E-state index contributed by atoms with van der Waals surface area (Å²) in [6.07, 6.45) is -2.08. The molecule has 1 aromatic rings. The Bertz CT molecular complexity index is 560. The Balaban J connectivity index is 2.76. The molecule has 0 bridgehead atoms. The molecule has 0 saturated carbocycles. The molecule has 114 valence electrons. The Kier molecular flexibility index (Phi) is 6.16. The molecular weight excluding hydrogens is 346 g/mol. The highest BCUT2D eigenvalue weighted by Gasteiger charge is 2.22. The molecule has 7 nitrogen and oxygen atoms in total. The summed E-state index contributed by atoms with van der Waals surface area (Å²) in [7, 11) is 2.58. The predicted molar refractivity (Wildman–Crippen MR) is 76.1 cm³/mol. The molecule has 8 heteroatoms. The highest BCUT2D eigenvalue weighted by molar-refractivity contribution is 9.10. The Labute approximate surface area is 129 Å². The van der Waals surface area contributed by atoms with Crippen molar-refractivity contribution >= 4 is 33.9 Å². The largest absolute Gasteiger partial charge is 0.497 e. The average molecular weight is 360 g/mol. The molecule has 0 unspecified atom stereocenters. The van der Waals surface area contributed by atoms with Crippen LogP contribution >= 0.6 is 15.9 Å². The van der Waals surface area contributed by atoms with E-state index in [1.54, 1.807) is 12.1 Å². The van der Waals surface area contributed by atoms with Crippen molar-refractivity contribution < 1.29 is 28.6 Å². The number of nitrogens with one attached hydrogen (secondary N) is 1. The van der Waals surface area contributed by atoms with Crippen molar-refractivity contribution in [3.05, 3.63) is 28.2 Å². The summed E-state index contributed by atoms with van der Waals surface area (Å²) in [6.45, 7) is 1.34. The van der Waals surface area contributed by atoms with E-state index in [0.717, 1.165) is 7.11 Å². The normalized spacial score (nSPS) is 11.2. The fourth-order valence-electron chi connectivity index (χ4n) is 1.32. The second kappa shape index (κ2) is 7.63. The van der Waals surface area contributed by atoms with E-state index >= 15 is 0 Å². The van der Waals surface area contributed by atoms with E-state index in [9.17, 15) is 14.4 Å². The van der Waals surface area contributed by atoms with Crippen LogP contribution in [0.2, 0.25) is 0 Å². The third-order valence-corrected chi connectivity index (χ3v) is 3.15. The molecule has 1 rings (SSSR count). The van der Waals surface area contributed by atoms with Gasteiger partial charge in [0.2, 0.25) is 0 Å². The van der Waals surface area contributed by atoms with Crippen molar-refractivity contribution in [3.63, 3.8) is 0 Å². The maximum Gasteiger partial charge on any atom is 0.413 e. The number of esters is 1. The van der Waals surface area contributed by atoms with E-state index in [1.807, 2.05) is 5.32 Å². The Morgan fingerprint density at radius 1 is 1.24 bits per heavy atom. The van der Waals surface area contributed by atoms with Crippen molar-refractivity contribution in [2.24, 2.45) is 0 Å². The lowest BCUT2D eigenvalue weighted by molar-refractivity contribution is -0.128. The zero-order valence-electron chi connectivity index (χ0n) is 11.6. The van der Waals surface area contributed by atoms with Crippen LogP contribution in [-0.4, -0.2) is 38.3 Å². The molecule has 1 aromatic carbocycles. The summed E-state index contributed by atoms with van der Waals surface area (Å²) < 4.78 is 14.8. The van der Waals surface area contributed by atoms with Crippen molar-refractivity contribution in [2.75, 3.05) is 14.2 Å². The van der Waals surface area contributed by atoms with Crippen molar-refractivity contribution in [2.45, 2.75) is 13.0 Å². The number of ether oxygens (including phenoxy) is 3. The maximum absolute atomic E-state index is 12.0. The quantitative estimate of drug-likeness (QED) is 0.825. The van der Waals surface area contributed by atoms with Gasteiger partial charge in [-0.15, -0.1) is 0 Å². The lowest BCUT2D eigenvalue weighted by atomic mass is 10.2. The molecule has 0 fully saturated rings. The molecule has 0 aliphatic rings. The van der Waals surface area contributed by atoms with Gasteiger partial charge in [0, 0.05) is 4.47 Å². The number of carbonyl (C=O) groups is 3. The van der Waals surface area contributed by atoms with Gasteiger partial charge >= 0.3 is 12.1 Å². The highest BCUT2D eigenvalue weighted by atomic mass is 79.9. The fraction of sp³-hybridized carbons (Fsp3) is 0.308. The molecule has 1 atom stereocenters. The standard InChI is InChI=1S/C13H14BrNO6/c1-7(11(16)15-13(18)20-3)21-12(17)9-6-8(19-2)4-5-10(9)14/h4-7H,1-3H3,(H,15,16,18)/t7-/m0/s1. The van der Waals surface area contributed by atoms with Crippen LogP contribution in [0.25, 0.3) is 0 Å². The summed E-state index contributed by atoms with van der Waals surface area (Å²) in [5.41, 5.74) is 0.201. The molecular formula is C13H14BrNO6. The molecule has 0 aliphatic heterocycles. The number of hydrogen-bond acceptors (Lipinski definition) is 6. The van der Waals surface area contributed by atoms with Gasteiger partial charge in [-0.05, 0) is 41.1 Å². The van der Waals surface area contributed by atoms with Crippen LogP contribution in [0, 0.1) is 0 Å². The van der Waals surface area contributed by atoms with E-state index in [-0.39, 0.29) is 5.56 Å². The minimum Gasteiger partial charge on any atom is -0.497 e. The molecule has 0 heterocycles. The first-order valence-corrected chi connectivity index (χ1v) is 6.61. The number of rotatable bonds is 4. The van der Waals surface area contributed by atoms with Crippen LogP contribution in [0.15, 0.2) is 22.7 Å². The summed E-state index contributed by atoms with van der Waals surface area (Å²) in [4.78, 5) is 34.5. The SMILES string of the molecule is COC(=O)NC(=O)[C@H](C)OC(=O)c1cc(OC)ccc1Br. The van der Waals surface area contributed by atoms with Gasteiger partial charge in [0.25, 0.3) is 5.91 Å². The highest BCUT2D eigenvalue weighted by Crippen LogP contribution is 2.23. The number of halogens is 1. The van der Waals surface area contributed by atoms with Gasteiger partial charge in [-0.1, -0.05) is 0 Å². The smallest absolute Gasteiger partial charge is 0.413 e. The third-order valence-electron chi connectivity index (χ3n) is 2.46. The number of alkyl carbamates (subject to hydrolysis) is 1. The maximum atomic E-state index is 12.0. The summed E-state index contributed by atoms with van der Waals surface area (Å²) >= 11 is 3.21. The van der Waals surface area contributed by atoms with Gasteiger partial charge in [-0.25, -0.2) is 9.59 Å². The first-order chi connectivity index (χ1) is 9.88. The minimum atomic E-state index is -1.16. The Morgan fingerprint density at radius 3 is 2.48 bits per heavy atom. The van der Waals surface area contributed by atoms with E-state index in [0.29, 0.717) is 10.2 Å². The van der Waals surface area contributed by atoms with Crippen LogP contribution in [-0.2, 0) is 14.3 Å². The van der Waals surface area contributed by atoms with Crippen LogP contribution < -0.4 is 10.1 Å². The molecule has 0 radical (unpaired) electrons. The van der Waals surface area contributed by atoms with E-state index < -0.39 is 24.1 Å². The number of amides is 2. The summed E-state index contributed by atoms with van der Waals surface area (Å²) in [5, 5.41) is 1.91.